The van der Waals surface area contributed by atoms with Crippen LogP contribution in [0.2, 0.25) is 0 Å². The minimum absolute atomic E-state index is 0.0833. The van der Waals surface area contributed by atoms with Crippen LogP contribution in [0.4, 0.5) is 4.53 Å². The van der Waals surface area contributed by atoms with E-state index in [0.717, 1.165) is 28.5 Å². The lowest BCUT2D eigenvalue weighted by atomic mass is 9.94. The van der Waals surface area contributed by atoms with Gasteiger partial charge in [-0.15, -0.1) is 0 Å². The van der Waals surface area contributed by atoms with Gasteiger partial charge in [-0.2, -0.15) is 5.48 Å². The third-order valence-electron chi connectivity index (χ3n) is 5.12. The largest absolute Gasteiger partial charge is 0.494 e. The maximum absolute atomic E-state index is 12.3. The van der Waals surface area contributed by atoms with Gasteiger partial charge in [0.15, 0.2) is 5.89 Å². The highest BCUT2D eigenvalue weighted by Crippen LogP contribution is 2.24. The Bertz CT molecular complexity index is 1060. The summed E-state index contributed by atoms with van der Waals surface area (Å²) in [6, 6.07) is 7.08. The lowest BCUT2D eigenvalue weighted by Crippen LogP contribution is -2.26. The van der Waals surface area contributed by atoms with Crippen LogP contribution in [0.25, 0.3) is 0 Å². The van der Waals surface area contributed by atoms with Crippen molar-refractivity contribution in [1.82, 2.24) is 15.8 Å². The molecule has 0 aliphatic rings. The number of oxazole rings is 1. The monoisotopic (exact) mass is 550 g/mol. The van der Waals surface area contributed by atoms with Crippen LogP contribution in [0.3, 0.4) is 0 Å². The summed E-state index contributed by atoms with van der Waals surface area (Å²) in [5.74, 6) is 1.30. The Morgan fingerprint density at radius 1 is 1.29 bits per heavy atom. The molecule has 0 aliphatic heterocycles. The summed E-state index contributed by atoms with van der Waals surface area (Å²) in [5, 5.41) is 6.29. The second kappa shape index (κ2) is 16.5. The number of aryl methyl sites for hydroxylation is 1. The first kappa shape index (κ1) is 32.7. The molecule has 210 valence electrons. The van der Waals surface area contributed by atoms with Gasteiger partial charge in [0.1, 0.15) is 11.5 Å². The number of halogens is 1. The molecule has 0 bridgehead atoms. The van der Waals surface area contributed by atoms with Crippen LogP contribution in [0.15, 0.2) is 57.6 Å². The molecule has 1 heterocycles. The van der Waals surface area contributed by atoms with Crippen LogP contribution >= 0.6 is 11.8 Å². The Morgan fingerprint density at radius 2 is 1.95 bits per heavy atom. The maximum atomic E-state index is 12.3. The molecular weight excluding hydrogens is 511 g/mol. The SMILES string of the molecule is C=C(NC(=O)C(C)c1ccc(OCCCC(=O)NOF)cc1)S/C(C)=C\N.CCc1ncc(C(C)(C)C)o1. The quantitative estimate of drug-likeness (QED) is 0.232. The van der Waals surface area contributed by atoms with Crippen molar-refractivity contribution >= 4 is 23.6 Å². The Balaban J connectivity index is 0.000000544. The molecule has 11 heteroatoms. The molecule has 0 saturated carbocycles. The van der Waals surface area contributed by atoms with Crippen molar-refractivity contribution in [2.75, 3.05) is 6.61 Å². The molecule has 1 unspecified atom stereocenters. The highest BCUT2D eigenvalue weighted by atomic mass is 32.2. The molecule has 38 heavy (non-hydrogen) atoms. The van der Waals surface area contributed by atoms with Crippen molar-refractivity contribution in [3.63, 3.8) is 0 Å². The average molecular weight is 551 g/mol. The van der Waals surface area contributed by atoms with Crippen molar-refractivity contribution in [3.8, 4) is 5.75 Å². The molecule has 1 atom stereocenters. The normalized spacial score (nSPS) is 12.1. The summed E-state index contributed by atoms with van der Waals surface area (Å²) in [5.41, 5.74) is 7.89. The van der Waals surface area contributed by atoms with E-state index < -0.39 is 5.91 Å². The van der Waals surface area contributed by atoms with Gasteiger partial charge >= 0.3 is 0 Å². The van der Waals surface area contributed by atoms with Crippen molar-refractivity contribution in [3.05, 3.63) is 70.4 Å². The first-order valence-electron chi connectivity index (χ1n) is 12.2. The minimum Gasteiger partial charge on any atom is -0.494 e. The first-order valence-corrected chi connectivity index (χ1v) is 13.0. The zero-order chi connectivity index (χ0) is 28.7. The van der Waals surface area contributed by atoms with Gasteiger partial charge in [-0.25, -0.2) is 4.98 Å². The van der Waals surface area contributed by atoms with E-state index in [1.165, 1.54) is 18.0 Å². The molecule has 9 nitrogen and oxygen atoms in total. The average Bonchev–Trinajstić information content (AvgIpc) is 3.37. The van der Waals surface area contributed by atoms with Crippen LogP contribution in [-0.2, 0) is 26.5 Å². The van der Waals surface area contributed by atoms with Gasteiger partial charge in [0.2, 0.25) is 11.8 Å². The van der Waals surface area contributed by atoms with E-state index in [0.29, 0.717) is 23.8 Å². The molecule has 0 fully saturated rings. The Morgan fingerprint density at radius 3 is 2.45 bits per heavy atom. The lowest BCUT2D eigenvalue weighted by Gasteiger charge is -2.14. The summed E-state index contributed by atoms with van der Waals surface area (Å²) in [6.07, 6.45) is 4.63. The molecule has 2 amide bonds. The van der Waals surface area contributed by atoms with Crippen molar-refractivity contribution in [1.29, 1.82) is 0 Å². The highest BCUT2D eigenvalue weighted by Gasteiger charge is 2.18. The van der Waals surface area contributed by atoms with E-state index in [2.05, 4.69) is 42.7 Å². The molecule has 0 spiro atoms. The van der Waals surface area contributed by atoms with E-state index in [9.17, 15) is 14.1 Å². The number of hydrogen-bond donors (Lipinski definition) is 3. The number of hydrogen-bond acceptors (Lipinski definition) is 8. The fourth-order valence-electron chi connectivity index (χ4n) is 2.84. The van der Waals surface area contributed by atoms with Gasteiger partial charge in [-0.3, -0.25) is 9.59 Å². The van der Waals surface area contributed by atoms with E-state index in [-0.39, 0.29) is 23.7 Å². The first-order chi connectivity index (χ1) is 17.9. The Hall–Kier alpha value is -3.31. The number of ether oxygens (including phenoxy) is 1. The van der Waals surface area contributed by atoms with E-state index in [4.69, 9.17) is 14.9 Å². The number of carbonyl (C=O) groups excluding carboxylic acids is 2. The zero-order valence-corrected chi connectivity index (χ0v) is 23.7. The predicted molar refractivity (Wildman–Crippen MR) is 147 cm³/mol. The number of thioether (sulfide) groups is 1. The molecule has 2 rings (SSSR count). The molecule has 4 N–H and O–H groups in total. The summed E-state index contributed by atoms with van der Waals surface area (Å²) >= 11 is 1.29. The second-order valence-electron chi connectivity index (χ2n) is 9.36. The van der Waals surface area contributed by atoms with E-state index >= 15 is 0 Å². The number of benzene rings is 1. The molecule has 1 aromatic heterocycles. The fraction of sp³-hybridized carbons (Fsp3) is 0.444. The number of nitrogens with two attached hydrogens (primary N) is 1. The lowest BCUT2D eigenvalue weighted by molar-refractivity contribution is -0.198. The number of allylic oxidation sites excluding steroid dienone is 1. The van der Waals surface area contributed by atoms with E-state index in [1.807, 2.05) is 20.0 Å². The summed E-state index contributed by atoms with van der Waals surface area (Å²) < 4.78 is 22.4. The van der Waals surface area contributed by atoms with E-state index in [1.54, 1.807) is 36.7 Å². The van der Waals surface area contributed by atoms with Crippen molar-refractivity contribution in [2.45, 2.75) is 72.1 Å². The van der Waals surface area contributed by atoms with Crippen LogP contribution in [-0.4, -0.2) is 23.4 Å². The number of rotatable bonds is 12. The third-order valence-corrected chi connectivity index (χ3v) is 5.93. The third kappa shape index (κ3) is 12.3. The molecule has 0 saturated heterocycles. The van der Waals surface area contributed by atoms with Crippen molar-refractivity contribution in [2.24, 2.45) is 5.73 Å². The molecule has 2 aromatic rings. The molecular formula is C27H39FN4O5S. The highest BCUT2D eigenvalue weighted by molar-refractivity contribution is 8.06. The van der Waals surface area contributed by atoms with Gasteiger partial charge in [0.25, 0.3) is 0 Å². The van der Waals surface area contributed by atoms with Gasteiger partial charge < -0.3 is 20.2 Å². The van der Waals surface area contributed by atoms with Gasteiger partial charge in [-0.05, 0) is 42.5 Å². The fourth-order valence-corrected chi connectivity index (χ4v) is 3.45. The smallest absolute Gasteiger partial charge is 0.246 e. The molecule has 0 aliphatic carbocycles. The summed E-state index contributed by atoms with van der Waals surface area (Å²) in [6.45, 7) is 16.1. The number of aromatic nitrogens is 1. The van der Waals surface area contributed by atoms with Gasteiger partial charge in [-0.1, -0.05) is 63.2 Å². The molecule has 0 radical (unpaired) electrons. The maximum Gasteiger partial charge on any atom is 0.246 e. The van der Waals surface area contributed by atoms with Gasteiger partial charge in [0.05, 0.1) is 23.8 Å². The van der Waals surface area contributed by atoms with Crippen LogP contribution in [0.5, 0.6) is 5.75 Å². The predicted octanol–water partition coefficient (Wildman–Crippen LogP) is 5.56. The van der Waals surface area contributed by atoms with Crippen LogP contribution in [0.1, 0.15) is 77.5 Å². The van der Waals surface area contributed by atoms with Gasteiger partial charge in [0, 0.05) is 29.4 Å². The topological polar surface area (TPSA) is 129 Å². The number of hydroxylamine groups is 1. The van der Waals surface area contributed by atoms with Crippen molar-refractivity contribution < 1.29 is 28.3 Å². The number of carbonyl (C=O) groups is 2. The minimum atomic E-state index is -0.562. The van der Waals surface area contributed by atoms with Crippen LogP contribution < -0.4 is 21.3 Å². The molecule has 1 aromatic carbocycles. The van der Waals surface area contributed by atoms with Crippen LogP contribution in [0, 0.1) is 0 Å². The Labute approximate surface area is 228 Å². The number of amides is 2. The Kier molecular flexibility index (Phi) is 14.2. The summed E-state index contributed by atoms with van der Waals surface area (Å²) in [4.78, 5) is 28.3. The standard InChI is InChI=1S/C18H24FN3O4S.C9H15NO/c1-12(11-20)27-14(3)21-18(24)13(2)15-6-8-16(9-7-15)25-10-4-5-17(23)22-26-19;1-5-8-10-6-7(11-8)9(2,3)4/h6-9,11,13H,3-5,10,20H2,1-2H3,(H,21,24)(H,22,23);6H,5H2,1-4H3/b12-11-;. The number of nitrogens with zero attached hydrogens (tertiary/aromatic N) is 1. The second-order valence-corrected chi connectivity index (χ2v) is 10.7. The zero-order valence-electron chi connectivity index (χ0n) is 22.9. The summed E-state index contributed by atoms with van der Waals surface area (Å²) in [7, 11) is 0. The number of nitrogens with one attached hydrogen (secondary N) is 2.